The molecule has 0 radical (unpaired) electrons. The van der Waals surface area contributed by atoms with E-state index in [0.29, 0.717) is 0 Å². The number of benzene rings is 1. The molecule has 1 aliphatic rings. The third-order valence-corrected chi connectivity index (χ3v) is 4.51. The Morgan fingerprint density at radius 2 is 2.00 bits per heavy atom. The monoisotopic (exact) mass is 335 g/mol. The first-order valence-corrected chi connectivity index (χ1v) is 8.43. The highest BCUT2D eigenvalue weighted by Gasteiger charge is 2.36. The maximum absolute atomic E-state index is 13.0. The van der Waals surface area contributed by atoms with Crippen LogP contribution >= 0.6 is 0 Å². The number of nitrogens with two attached hydrogens (primary N) is 1. The Labute approximate surface area is 126 Å². The molecule has 0 aromatic heterocycles. The summed E-state index contributed by atoms with van der Waals surface area (Å²) in [5, 5.41) is 0. The van der Waals surface area contributed by atoms with Crippen LogP contribution in [0.2, 0.25) is 0 Å². The highest BCUT2D eigenvalue weighted by molar-refractivity contribution is 7.90. The molecule has 0 spiro atoms. The maximum Gasteiger partial charge on any atom is 0.417 e. The Balaban J connectivity index is 2.31. The molecule has 1 heterocycles. The van der Waals surface area contributed by atoms with Gasteiger partial charge in [-0.1, -0.05) is 6.07 Å². The van der Waals surface area contributed by atoms with E-state index in [9.17, 15) is 21.6 Å². The molecule has 2 N–H and O–H groups in total. The zero-order chi connectivity index (χ0) is 16.5. The largest absolute Gasteiger partial charge is 0.417 e. The standard InChI is InChI=1S/C13H16F3N3O2S/c1-22(20,21)11-4-3-9(7-10(11)13(14,15)16)8-18-12(17)19-5-2-6-19/h3-4,7H,2,5-6,8H2,1H3,(H2,17,18). The average Bonchev–Trinajstić information content (AvgIpc) is 2.31. The van der Waals surface area contributed by atoms with Gasteiger partial charge in [-0.05, 0) is 24.1 Å². The van der Waals surface area contributed by atoms with Crippen molar-refractivity contribution in [3.05, 3.63) is 29.3 Å². The molecule has 0 atom stereocenters. The van der Waals surface area contributed by atoms with E-state index in [1.807, 2.05) is 4.90 Å². The predicted molar refractivity (Wildman–Crippen MR) is 76.1 cm³/mol. The summed E-state index contributed by atoms with van der Waals surface area (Å²) < 4.78 is 62.0. The van der Waals surface area contributed by atoms with Crippen LogP contribution in [0.15, 0.2) is 28.1 Å². The number of aliphatic imine (C=N–C) groups is 1. The van der Waals surface area contributed by atoms with Crippen molar-refractivity contribution in [1.82, 2.24) is 4.90 Å². The Hall–Kier alpha value is -1.77. The van der Waals surface area contributed by atoms with Crippen molar-refractivity contribution in [2.24, 2.45) is 10.7 Å². The third-order valence-electron chi connectivity index (χ3n) is 3.35. The zero-order valence-electron chi connectivity index (χ0n) is 11.9. The van der Waals surface area contributed by atoms with E-state index in [1.165, 1.54) is 6.07 Å². The fourth-order valence-corrected chi connectivity index (χ4v) is 2.93. The second-order valence-electron chi connectivity index (χ2n) is 5.12. The zero-order valence-corrected chi connectivity index (χ0v) is 12.7. The van der Waals surface area contributed by atoms with Gasteiger partial charge in [-0.25, -0.2) is 13.4 Å². The number of likely N-dealkylation sites (tertiary alicyclic amines) is 1. The molecular weight excluding hydrogens is 319 g/mol. The minimum atomic E-state index is -4.75. The topological polar surface area (TPSA) is 75.8 Å². The fraction of sp³-hybridized carbons (Fsp3) is 0.462. The lowest BCUT2D eigenvalue weighted by Gasteiger charge is -2.31. The highest BCUT2D eigenvalue weighted by Crippen LogP contribution is 2.35. The van der Waals surface area contributed by atoms with Crippen LogP contribution in [0.3, 0.4) is 0 Å². The molecule has 1 saturated heterocycles. The van der Waals surface area contributed by atoms with Crippen LogP contribution in [-0.2, 0) is 22.6 Å². The average molecular weight is 335 g/mol. The van der Waals surface area contributed by atoms with Crippen LogP contribution in [0, 0.1) is 0 Å². The van der Waals surface area contributed by atoms with E-state index in [-0.39, 0.29) is 18.1 Å². The van der Waals surface area contributed by atoms with Gasteiger partial charge in [0.2, 0.25) is 0 Å². The van der Waals surface area contributed by atoms with Crippen LogP contribution in [0.4, 0.5) is 13.2 Å². The summed E-state index contributed by atoms with van der Waals surface area (Å²) in [6.45, 7) is 1.54. The van der Waals surface area contributed by atoms with Gasteiger partial charge < -0.3 is 10.6 Å². The molecule has 9 heteroatoms. The maximum atomic E-state index is 13.0. The minimum Gasteiger partial charge on any atom is -0.370 e. The summed E-state index contributed by atoms with van der Waals surface area (Å²) in [7, 11) is -3.96. The molecule has 1 aromatic rings. The van der Waals surface area contributed by atoms with Crippen molar-refractivity contribution < 1.29 is 21.6 Å². The molecule has 0 aliphatic carbocycles. The van der Waals surface area contributed by atoms with Gasteiger partial charge in [0.25, 0.3) is 0 Å². The summed E-state index contributed by atoms with van der Waals surface area (Å²) in [5.74, 6) is 0.284. The summed E-state index contributed by atoms with van der Waals surface area (Å²) in [6, 6.07) is 3.09. The summed E-state index contributed by atoms with van der Waals surface area (Å²) in [5.41, 5.74) is 4.78. The first-order valence-electron chi connectivity index (χ1n) is 6.54. The van der Waals surface area contributed by atoms with E-state index < -0.39 is 26.5 Å². The summed E-state index contributed by atoms with van der Waals surface area (Å²) >= 11 is 0. The quantitative estimate of drug-likeness (QED) is 0.673. The van der Waals surface area contributed by atoms with Gasteiger partial charge in [0.15, 0.2) is 15.8 Å². The first-order chi connectivity index (χ1) is 10.1. The molecule has 0 saturated carbocycles. The molecular formula is C13H16F3N3O2S. The van der Waals surface area contributed by atoms with Gasteiger partial charge in [-0.15, -0.1) is 0 Å². The predicted octanol–water partition coefficient (Wildman–Crippen LogP) is 1.63. The van der Waals surface area contributed by atoms with E-state index in [2.05, 4.69) is 4.99 Å². The number of hydrogen-bond donors (Lipinski definition) is 1. The molecule has 1 aromatic carbocycles. The normalized spacial score (nSPS) is 16.5. The smallest absolute Gasteiger partial charge is 0.370 e. The lowest BCUT2D eigenvalue weighted by Crippen LogP contribution is -2.46. The molecule has 0 bridgehead atoms. The number of sulfone groups is 1. The summed E-state index contributed by atoms with van der Waals surface area (Å²) in [4.78, 5) is 5.12. The molecule has 1 aliphatic heterocycles. The number of nitrogens with zero attached hydrogens (tertiary/aromatic N) is 2. The van der Waals surface area contributed by atoms with Gasteiger partial charge in [-0.3, -0.25) is 0 Å². The van der Waals surface area contributed by atoms with E-state index in [0.717, 1.165) is 37.9 Å². The number of alkyl halides is 3. The van der Waals surface area contributed by atoms with Gasteiger partial charge in [0.05, 0.1) is 17.0 Å². The van der Waals surface area contributed by atoms with Crippen LogP contribution in [0.5, 0.6) is 0 Å². The van der Waals surface area contributed by atoms with E-state index in [1.54, 1.807) is 0 Å². The number of hydrogen-bond acceptors (Lipinski definition) is 3. The van der Waals surface area contributed by atoms with Crippen molar-refractivity contribution in [3.8, 4) is 0 Å². The lowest BCUT2D eigenvalue weighted by atomic mass is 10.1. The Morgan fingerprint density at radius 3 is 2.45 bits per heavy atom. The second kappa shape index (κ2) is 5.79. The molecule has 0 unspecified atom stereocenters. The van der Waals surface area contributed by atoms with Gasteiger partial charge in [0, 0.05) is 19.3 Å². The molecule has 2 rings (SSSR count). The Morgan fingerprint density at radius 1 is 1.36 bits per heavy atom. The van der Waals surface area contributed by atoms with Crippen molar-refractivity contribution >= 4 is 15.8 Å². The van der Waals surface area contributed by atoms with Crippen molar-refractivity contribution in [1.29, 1.82) is 0 Å². The van der Waals surface area contributed by atoms with Crippen molar-refractivity contribution in [2.75, 3.05) is 19.3 Å². The molecule has 22 heavy (non-hydrogen) atoms. The Bertz CT molecular complexity index is 695. The molecule has 0 amide bonds. The van der Waals surface area contributed by atoms with Gasteiger partial charge >= 0.3 is 6.18 Å². The van der Waals surface area contributed by atoms with Crippen molar-refractivity contribution in [3.63, 3.8) is 0 Å². The first kappa shape index (κ1) is 16.6. The molecule has 1 fully saturated rings. The summed E-state index contributed by atoms with van der Waals surface area (Å²) in [6.07, 6.45) is -2.99. The van der Waals surface area contributed by atoms with Crippen LogP contribution in [-0.4, -0.2) is 38.6 Å². The Kier molecular flexibility index (Phi) is 4.37. The lowest BCUT2D eigenvalue weighted by molar-refractivity contribution is -0.139. The fourth-order valence-electron chi connectivity index (χ4n) is 2.04. The second-order valence-corrected chi connectivity index (χ2v) is 7.10. The van der Waals surface area contributed by atoms with Crippen molar-refractivity contribution in [2.45, 2.75) is 24.0 Å². The number of halogens is 3. The van der Waals surface area contributed by atoms with Crippen LogP contribution < -0.4 is 5.73 Å². The van der Waals surface area contributed by atoms with Gasteiger partial charge in [0.1, 0.15) is 0 Å². The minimum absolute atomic E-state index is 0.0323. The molecule has 122 valence electrons. The van der Waals surface area contributed by atoms with E-state index in [4.69, 9.17) is 5.73 Å². The van der Waals surface area contributed by atoms with Crippen LogP contribution in [0.1, 0.15) is 17.5 Å². The number of guanidine groups is 1. The SMILES string of the molecule is CS(=O)(=O)c1ccc(CN=C(N)N2CCC2)cc1C(F)(F)F. The van der Waals surface area contributed by atoms with Crippen LogP contribution in [0.25, 0.3) is 0 Å². The van der Waals surface area contributed by atoms with Gasteiger partial charge in [-0.2, -0.15) is 13.2 Å². The third kappa shape index (κ3) is 3.70. The molecule has 5 nitrogen and oxygen atoms in total. The van der Waals surface area contributed by atoms with E-state index >= 15 is 0 Å². The highest BCUT2D eigenvalue weighted by atomic mass is 32.2. The number of rotatable bonds is 3.